The maximum atomic E-state index is 12.8. The van der Waals surface area contributed by atoms with Gasteiger partial charge in [0.15, 0.2) is 11.0 Å². The Labute approximate surface area is 199 Å². The van der Waals surface area contributed by atoms with Crippen LogP contribution in [-0.4, -0.2) is 32.3 Å². The SMILES string of the molecule is CCn1c(SCC(=O)Nc2ccc(C)cc2)nnc1[C@@H](NC(=O)c1ccc(C)cc1)C(C)C. The van der Waals surface area contributed by atoms with Crippen molar-refractivity contribution in [3.63, 3.8) is 0 Å². The van der Waals surface area contributed by atoms with E-state index < -0.39 is 0 Å². The minimum absolute atomic E-state index is 0.107. The molecule has 0 radical (unpaired) electrons. The second-order valence-electron chi connectivity index (χ2n) is 8.35. The molecule has 0 aliphatic rings. The number of anilines is 1. The van der Waals surface area contributed by atoms with Gasteiger partial charge in [0.05, 0.1) is 11.8 Å². The molecule has 0 saturated carbocycles. The first-order valence-electron chi connectivity index (χ1n) is 11.1. The maximum absolute atomic E-state index is 12.8. The lowest BCUT2D eigenvalue weighted by Gasteiger charge is -2.22. The Morgan fingerprint density at radius 1 is 0.970 bits per heavy atom. The first-order chi connectivity index (χ1) is 15.8. The highest BCUT2D eigenvalue weighted by molar-refractivity contribution is 7.99. The highest BCUT2D eigenvalue weighted by atomic mass is 32.2. The topological polar surface area (TPSA) is 88.9 Å². The molecule has 0 saturated heterocycles. The van der Waals surface area contributed by atoms with E-state index in [0.717, 1.165) is 16.8 Å². The number of aromatic nitrogens is 3. The summed E-state index contributed by atoms with van der Waals surface area (Å²) in [5.74, 6) is 0.759. The Morgan fingerprint density at radius 2 is 1.58 bits per heavy atom. The van der Waals surface area contributed by atoms with E-state index in [0.29, 0.717) is 23.1 Å². The summed E-state index contributed by atoms with van der Waals surface area (Å²) in [5.41, 5.74) is 3.62. The quantitative estimate of drug-likeness (QED) is 0.444. The monoisotopic (exact) mass is 465 g/mol. The Morgan fingerprint density at radius 3 is 2.15 bits per heavy atom. The summed E-state index contributed by atoms with van der Waals surface area (Å²) in [6.07, 6.45) is 0. The third-order valence-corrected chi connectivity index (χ3v) is 6.24. The molecule has 0 unspecified atom stereocenters. The summed E-state index contributed by atoms with van der Waals surface area (Å²) in [5, 5.41) is 15.4. The van der Waals surface area contributed by atoms with Gasteiger partial charge in [-0.1, -0.05) is 61.0 Å². The minimum Gasteiger partial charge on any atom is -0.342 e. The summed E-state index contributed by atoms with van der Waals surface area (Å²) in [6.45, 7) is 10.7. The fourth-order valence-electron chi connectivity index (χ4n) is 3.36. The molecule has 0 spiro atoms. The second-order valence-corrected chi connectivity index (χ2v) is 9.29. The average molecular weight is 466 g/mol. The largest absolute Gasteiger partial charge is 0.342 e. The predicted octanol–water partition coefficient (Wildman–Crippen LogP) is 4.77. The molecule has 2 amide bonds. The van der Waals surface area contributed by atoms with Crippen molar-refractivity contribution in [3.05, 3.63) is 71.0 Å². The summed E-state index contributed by atoms with van der Waals surface area (Å²) in [4.78, 5) is 25.2. The van der Waals surface area contributed by atoms with Gasteiger partial charge in [0, 0.05) is 17.8 Å². The van der Waals surface area contributed by atoms with Gasteiger partial charge in [-0.3, -0.25) is 9.59 Å². The zero-order chi connectivity index (χ0) is 24.0. The van der Waals surface area contributed by atoms with E-state index in [1.807, 2.05) is 87.7 Å². The van der Waals surface area contributed by atoms with Gasteiger partial charge in [-0.2, -0.15) is 0 Å². The molecular formula is C25H31N5O2S. The molecule has 0 fully saturated rings. The highest BCUT2D eigenvalue weighted by Gasteiger charge is 2.26. The zero-order valence-corrected chi connectivity index (χ0v) is 20.6. The number of nitrogens with one attached hydrogen (secondary N) is 2. The van der Waals surface area contributed by atoms with E-state index in [-0.39, 0.29) is 29.5 Å². The standard InChI is InChI=1S/C25H31N5O2S/c1-6-30-23(22(16(2)3)27-24(32)19-11-7-17(4)8-12-19)28-29-25(30)33-15-21(31)26-20-13-9-18(5)10-14-20/h7-14,16,22H,6,15H2,1-5H3,(H,26,31)(H,27,32)/t22-/m0/s1. The minimum atomic E-state index is -0.304. The molecule has 3 aromatic rings. The number of benzene rings is 2. The molecule has 174 valence electrons. The summed E-state index contributed by atoms with van der Waals surface area (Å²) in [6, 6.07) is 14.9. The number of carbonyl (C=O) groups excluding carboxylic acids is 2. The number of hydrogen-bond donors (Lipinski definition) is 2. The van der Waals surface area contributed by atoms with E-state index in [2.05, 4.69) is 20.8 Å². The van der Waals surface area contributed by atoms with Crippen LogP contribution in [0.4, 0.5) is 5.69 Å². The van der Waals surface area contributed by atoms with Crippen LogP contribution < -0.4 is 10.6 Å². The van der Waals surface area contributed by atoms with E-state index in [1.54, 1.807) is 0 Å². The van der Waals surface area contributed by atoms with Crippen molar-refractivity contribution in [1.29, 1.82) is 0 Å². The van der Waals surface area contributed by atoms with Crippen LogP contribution in [0.1, 0.15) is 54.1 Å². The molecule has 8 heteroatoms. The number of thioether (sulfide) groups is 1. The Hall–Kier alpha value is -3.13. The van der Waals surface area contributed by atoms with Crippen LogP contribution in [-0.2, 0) is 11.3 Å². The van der Waals surface area contributed by atoms with Crippen molar-refractivity contribution >= 4 is 29.3 Å². The maximum Gasteiger partial charge on any atom is 0.251 e. The molecular weight excluding hydrogens is 434 g/mol. The molecule has 1 heterocycles. The Bertz CT molecular complexity index is 1090. The van der Waals surface area contributed by atoms with Gasteiger partial charge in [-0.15, -0.1) is 10.2 Å². The van der Waals surface area contributed by atoms with E-state index >= 15 is 0 Å². The number of carbonyl (C=O) groups is 2. The predicted molar refractivity (Wildman–Crippen MR) is 132 cm³/mol. The normalized spacial score (nSPS) is 11.9. The van der Waals surface area contributed by atoms with Crippen molar-refractivity contribution in [2.45, 2.75) is 52.4 Å². The van der Waals surface area contributed by atoms with Gasteiger partial charge in [-0.05, 0) is 51.0 Å². The first kappa shape index (κ1) is 24.5. The number of aryl methyl sites for hydroxylation is 2. The van der Waals surface area contributed by atoms with Gasteiger partial charge in [0.1, 0.15) is 0 Å². The summed E-state index contributed by atoms with van der Waals surface area (Å²) < 4.78 is 1.96. The molecule has 0 aliphatic carbocycles. The molecule has 0 aliphatic heterocycles. The van der Waals surface area contributed by atoms with Crippen LogP contribution in [0.25, 0.3) is 0 Å². The third-order valence-electron chi connectivity index (χ3n) is 5.27. The lowest BCUT2D eigenvalue weighted by Crippen LogP contribution is -2.33. The van der Waals surface area contributed by atoms with Gasteiger partial charge >= 0.3 is 0 Å². The molecule has 3 rings (SSSR count). The van der Waals surface area contributed by atoms with Crippen LogP contribution in [0, 0.1) is 19.8 Å². The van der Waals surface area contributed by atoms with Crippen LogP contribution in [0.2, 0.25) is 0 Å². The van der Waals surface area contributed by atoms with Crippen molar-refractivity contribution in [2.24, 2.45) is 5.92 Å². The smallest absolute Gasteiger partial charge is 0.251 e. The van der Waals surface area contributed by atoms with E-state index in [4.69, 9.17) is 0 Å². The van der Waals surface area contributed by atoms with Crippen LogP contribution >= 0.6 is 11.8 Å². The average Bonchev–Trinajstić information content (AvgIpc) is 3.20. The van der Waals surface area contributed by atoms with Crippen molar-refractivity contribution in [1.82, 2.24) is 20.1 Å². The third kappa shape index (κ3) is 6.44. The number of hydrogen-bond acceptors (Lipinski definition) is 5. The van der Waals surface area contributed by atoms with Gasteiger partial charge in [0.2, 0.25) is 5.91 Å². The van der Waals surface area contributed by atoms with Crippen LogP contribution in [0.15, 0.2) is 53.7 Å². The fourth-order valence-corrected chi connectivity index (χ4v) is 4.17. The van der Waals surface area contributed by atoms with E-state index in [9.17, 15) is 9.59 Å². The first-order valence-corrected chi connectivity index (χ1v) is 12.1. The van der Waals surface area contributed by atoms with Crippen molar-refractivity contribution in [2.75, 3.05) is 11.1 Å². The summed E-state index contributed by atoms with van der Waals surface area (Å²) in [7, 11) is 0. The Kier molecular flexibility index (Phi) is 8.27. The Balaban J connectivity index is 1.70. The molecule has 2 N–H and O–H groups in total. The van der Waals surface area contributed by atoms with Gasteiger partial charge in [0.25, 0.3) is 5.91 Å². The van der Waals surface area contributed by atoms with Crippen molar-refractivity contribution in [3.8, 4) is 0 Å². The van der Waals surface area contributed by atoms with Gasteiger partial charge < -0.3 is 15.2 Å². The molecule has 2 aromatic carbocycles. The number of rotatable bonds is 9. The second kappa shape index (κ2) is 11.1. The highest BCUT2D eigenvalue weighted by Crippen LogP contribution is 2.25. The number of nitrogens with zero attached hydrogens (tertiary/aromatic N) is 3. The lowest BCUT2D eigenvalue weighted by molar-refractivity contribution is -0.113. The van der Waals surface area contributed by atoms with Crippen LogP contribution in [0.5, 0.6) is 0 Å². The molecule has 33 heavy (non-hydrogen) atoms. The molecule has 0 bridgehead atoms. The van der Waals surface area contributed by atoms with Crippen LogP contribution in [0.3, 0.4) is 0 Å². The van der Waals surface area contributed by atoms with Crippen molar-refractivity contribution < 1.29 is 9.59 Å². The molecule has 7 nitrogen and oxygen atoms in total. The lowest BCUT2D eigenvalue weighted by atomic mass is 10.0. The molecule has 1 aromatic heterocycles. The summed E-state index contributed by atoms with van der Waals surface area (Å²) >= 11 is 1.33. The fraction of sp³-hybridized carbons (Fsp3) is 0.360. The van der Waals surface area contributed by atoms with Gasteiger partial charge in [-0.25, -0.2) is 0 Å². The number of amides is 2. The molecule has 1 atom stereocenters. The zero-order valence-electron chi connectivity index (χ0n) is 19.8. The van der Waals surface area contributed by atoms with E-state index in [1.165, 1.54) is 11.8 Å².